The molecule has 5 rings (SSSR count). The first kappa shape index (κ1) is 25.0. The largest absolute Gasteiger partial charge is 0.436 e. The third-order valence-electron chi connectivity index (χ3n) is 11.1. The molecule has 0 aromatic rings. The van der Waals surface area contributed by atoms with E-state index in [4.69, 9.17) is 4.84 Å². The van der Waals surface area contributed by atoms with E-state index in [0.29, 0.717) is 36.1 Å². The van der Waals surface area contributed by atoms with E-state index in [9.17, 15) is 9.59 Å². The third kappa shape index (κ3) is 4.28. The van der Waals surface area contributed by atoms with E-state index >= 15 is 0 Å². The van der Waals surface area contributed by atoms with Crippen LogP contribution in [-0.2, 0) is 9.63 Å². The smallest absolute Gasteiger partial charge is 0.318 e. The summed E-state index contributed by atoms with van der Waals surface area (Å²) in [6.07, 6.45) is 13.9. The number of rotatable bonds is 6. The van der Waals surface area contributed by atoms with Gasteiger partial charge in [-0.1, -0.05) is 24.6 Å². The topological polar surface area (TPSA) is 71.0 Å². The minimum Gasteiger partial charge on any atom is -0.318 e. The van der Waals surface area contributed by atoms with Gasteiger partial charge in [0.25, 0.3) is 0 Å². The second-order valence-corrected chi connectivity index (χ2v) is 12.6. The second-order valence-electron chi connectivity index (χ2n) is 12.6. The fourth-order valence-electron chi connectivity index (χ4n) is 8.83. The van der Waals surface area contributed by atoms with Gasteiger partial charge in [0.05, 0.1) is 5.71 Å². The van der Waals surface area contributed by atoms with Crippen LogP contribution in [0, 0.1) is 34.5 Å². The van der Waals surface area contributed by atoms with Crippen LogP contribution < -0.4 is 5.32 Å². The van der Waals surface area contributed by atoms with E-state index < -0.39 is 0 Å². The predicted octanol–water partition coefficient (Wildman–Crippen LogP) is 5.72. The minimum atomic E-state index is -0.293. The number of oxime groups is 1. The molecular weight excluding hydrogens is 438 g/mol. The average molecular weight is 484 g/mol. The fourth-order valence-corrected chi connectivity index (χ4v) is 8.83. The Morgan fingerprint density at radius 1 is 1.11 bits per heavy atom. The highest BCUT2D eigenvalue weighted by Crippen LogP contribution is 2.66. The zero-order valence-electron chi connectivity index (χ0n) is 22.3. The minimum absolute atomic E-state index is 0.216. The Morgan fingerprint density at radius 2 is 1.91 bits per heavy atom. The highest BCUT2D eigenvalue weighted by Gasteiger charge is 2.59. The molecule has 0 heterocycles. The van der Waals surface area contributed by atoms with E-state index in [1.165, 1.54) is 37.7 Å². The van der Waals surface area contributed by atoms with Gasteiger partial charge in [-0.05, 0) is 113 Å². The van der Waals surface area contributed by atoms with Gasteiger partial charge < -0.3 is 10.2 Å². The molecule has 1 amide bonds. The number of likely N-dealkylation sites (N-methyl/N-ethyl adjacent to an activating group) is 1. The molecule has 0 aliphatic heterocycles. The molecule has 5 aliphatic rings. The summed E-state index contributed by atoms with van der Waals surface area (Å²) >= 11 is 0. The molecule has 0 unspecified atom stereocenters. The second kappa shape index (κ2) is 9.64. The molecule has 0 bridgehead atoms. The number of ketones is 1. The monoisotopic (exact) mass is 483 g/mol. The molecule has 0 spiro atoms. The lowest BCUT2D eigenvalue weighted by Crippen LogP contribution is -2.51. The Morgan fingerprint density at radius 3 is 2.63 bits per heavy atom. The molecule has 0 saturated heterocycles. The van der Waals surface area contributed by atoms with Crippen molar-refractivity contribution in [1.29, 1.82) is 0 Å². The van der Waals surface area contributed by atoms with Crippen molar-refractivity contribution in [2.75, 3.05) is 20.1 Å². The molecule has 6 atom stereocenters. The van der Waals surface area contributed by atoms with E-state index in [-0.39, 0.29) is 16.9 Å². The third-order valence-corrected chi connectivity index (χ3v) is 11.1. The zero-order valence-corrected chi connectivity index (χ0v) is 22.3. The SMILES string of the molecule is CNCCN(C(=O)O/N=C(\C)[C@H]1CC[C@H]2[C@@H]3CCC4=CC(=O)CC[C@]4(C)[C@H]3CC[C@]12C)C1CCC1. The summed E-state index contributed by atoms with van der Waals surface area (Å²) in [7, 11) is 1.91. The Hall–Kier alpha value is -1.69. The summed E-state index contributed by atoms with van der Waals surface area (Å²) in [5.74, 6) is 2.85. The number of nitrogens with zero attached hydrogens (tertiary/aromatic N) is 2. The average Bonchev–Trinajstić information content (AvgIpc) is 3.16. The van der Waals surface area contributed by atoms with Crippen LogP contribution >= 0.6 is 0 Å². The molecule has 6 heteroatoms. The van der Waals surface area contributed by atoms with E-state index in [2.05, 4.69) is 31.2 Å². The van der Waals surface area contributed by atoms with Crippen molar-refractivity contribution in [3.63, 3.8) is 0 Å². The van der Waals surface area contributed by atoms with Crippen LogP contribution in [0.2, 0.25) is 0 Å². The molecule has 0 aromatic carbocycles. The normalized spacial score (nSPS) is 39.1. The van der Waals surface area contributed by atoms with Crippen molar-refractivity contribution in [3.05, 3.63) is 11.6 Å². The number of amides is 1. The highest BCUT2D eigenvalue weighted by molar-refractivity contribution is 5.91. The lowest BCUT2D eigenvalue weighted by atomic mass is 9.46. The molecule has 0 radical (unpaired) electrons. The van der Waals surface area contributed by atoms with E-state index in [1.54, 1.807) is 0 Å². The van der Waals surface area contributed by atoms with Crippen molar-refractivity contribution in [2.45, 2.75) is 97.4 Å². The fraction of sp³-hybridized carbons (Fsp3) is 0.828. The molecule has 0 aromatic heterocycles. The van der Waals surface area contributed by atoms with Gasteiger partial charge in [0.2, 0.25) is 0 Å². The maximum Gasteiger partial charge on any atom is 0.436 e. The Kier molecular flexibility index (Phi) is 6.88. The molecule has 35 heavy (non-hydrogen) atoms. The van der Waals surface area contributed by atoms with Crippen molar-refractivity contribution in [2.24, 2.45) is 39.7 Å². The quantitative estimate of drug-likeness (QED) is 0.298. The van der Waals surface area contributed by atoms with Crippen LogP contribution in [0.25, 0.3) is 0 Å². The van der Waals surface area contributed by atoms with Gasteiger partial charge in [-0.15, -0.1) is 0 Å². The molecular formula is C29H45N3O3. The van der Waals surface area contributed by atoms with Crippen LogP contribution in [0.4, 0.5) is 4.79 Å². The predicted molar refractivity (Wildman–Crippen MR) is 138 cm³/mol. The molecule has 4 fully saturated rings. The van der Waals surface area contributed by atoms with E-state index in [1.807, 2.05) is 18.0 Å². The van der Waals surface area contributed by atoms with Crippen molar-refractivity contribution in [1.82, 2.24) is 10.2 Å². The lowest BCUT2D eigenvalue weighted by Gasteiger charge is -2.58. The number of nitrogens with one attached hydrogen (secondary N) is 1. The molecule has 6 nitrogen and oxygen atoms in total. The summed E-state index contributed by atoms with van der Waals surface area (Å²) in [5, 5.41) is 7.60. The standard InChI is InChI=1S/C29H45N3O3/c1-19(31-35-27(34)32(17-16-30-4)21-6-5-7-21)24-10-11-25-23-9-8-20-18-22(33)12-14-28(20,2)26(23)13-15-29(24,25)3/h18,21,23-26,30H,5-17H2,1-4H3/b31-19+/t23-,24+,25-,26-,28-,29+/m0/s1. The van der Waals surface area contributed by atoms with Gasteiger partial charge in [-0.2, -0.15) is 0 Å². The van der Waals surface area contributed by atoms with Crippen molar-refractivity contribution < 1.29 is 14.4 Å². The van der Waals surface area contributed by atoms with Gasteiger partial charge in [-0.25, -0.2) is 4.79 Å². The first-order valence-electron chi connectivity index (χ1n) is 14.2. The molecule has 1 N–H and O–H groups in total. The number of fused-ring (bicyclic) bond motifs is 5. The maximum atomic E-state index is 12.9. The van der Waals surface area contributed by atoms with Gasteiger partial charge in [0.15, 0.2) is 5.78 Å². The number of carbonyl (C=O) groups is 2. The number of carbonyl (C=O) groups excluding carboxylic acids is 2. The van der Waals surface area contributed by atoms with Crippen LogP contribution in [-0.4, -0.2) is 48.7 Å². The summed E-state index contributed by atoms with van der Waals surface area (Å²) in [6.45, 7) is 8.45. The van der Waals surface area contributed by atoms with Crippen LogP contribution in [0.1, 0.15) is 91.4 Å². The first-order valence-corrected chi connectivity index (χ1v) is 14.2. The lowest BCUT2D eigenvalue weighted by molar-refractivity contribution is -0.117. The molecule has 5 aliphatic carbocycles. The summed E-state index contributed by atoms with van der Waals surface area (Å²) in [6, 6.07) is 0.303. The van der Waals surface area contributed by atoms with Crippen molar-refractivity contribution in [3.8, 4) is 0 Å². The van der Waals surface area contributed by atoms with Crippen molar-refractivity contribution >= 4 is 17.6 Å². The summed E-state index contributed by atoms with van der Waals surface area (Å²) < 4.78 is 0. The number of allylic oxidation sites excluding steroid dienone is 1. The maximum absolute atomic E-state index is 12.9. The highest BCUT2D eigenvalue weighted by atomic mass is 16.7. The van der Waals surface area contributed by atoms with E-state index in [0.717, 1.165) is 56.7 Å². The first-order chi connectivity index (χ1) is 16.8. The molecule has 4 saturated carbocycles. The van der Waals surface area contributed by atoms with Gasteiger partial charge in [0.1, 0.15) is 0 Å². The Labute approximate surface area is 211 Å². The number of hydrogen-bond acceptors (Lipinski definition) is 5. The number of hydrogen-bond donors (Lipinski definition) is 1. The Balaban J connectivity index is 1.28. The Bertz CT molecular complexity index is 909. The zero-order chi connectivity index (χ0) is 24.8. The van der Waals surface area contributed by atoms with Gasteiger partial charge >= 0.3 is 6.09 Å². The summed E-state index contributed by atoms with van der Waals surface area (Å²) in [5.41, 5.74) is 2.87. The van der Waals surface area contributed by atoms with Gasteiger partial charge in [0, 0.05) is 31.5 Å². The van der Waals surface area contributed by atoms with Crippen LogP contribution in [0.3, 0.4) is 0 Å². The van der Waals surface area contributed by atoms with Crippen LogP contribution in [0.15, 0.2) is 16.8 Å². The molecule has 194 valence electrons. The van der Waals surface area contributed by atoms with Crippen LogP contribution in [0.5, 0.6) is 0 Å². The summed E-state index contributed by atoms with van der Waals surface area (Å²) in [4.78, 5) is 32.4. The van der Waals surface area contributed by atoms with Gasteiger partial charge in [-0.3, -0.25) is 9.63 Å².